The smallest absolute Gasteiger partial charge is 0.269 e. The number of benzene rings is 2. The molecule has 2 aromatic rings. The normalized spacial score (nSPS) is 16.4. The van der Waals surface area contributed by atoms with Crippen LogP contribution in [0.3, 0.4) is 0 Å². The Bertz CT molecular complexity index is 982. The van der Waals surface area contributed by atoms with Gasteiger partial charge in [-0.2, -0.15) is 0 Å². The summed E-state index contributed by atoms with van der Waals surface area (Å²) in [7, 11) is -4.03. The van der Waals surface area contributed by atoms with Crippen LogP contribution >= 0.6 is 0 Å². The van der Waals surface area contributed by atoms with Crippen molar-refractivity contribution in [2.45, 2.75) is 31.7 Å². The SMILES string of the molecule is Cc1ccc(NC(=O)[C@@H](C)N2C(=O)c3ccccc3S2(=O)=O)c(C)c1. The number of carbonyl (C=O) groups is 2. The van der Waals surface area contributed by atoms with Crippen LogP contribution in [0, 0.1) is 13.8 Å². The van der Waals surface area contributed by atoms with E-state index in [0.717, 1.165) is 11.1 Å². The van der Waals surface area contributed by atoms with Crippen molar-refractivity contribution in [3.8, 4) is 0 Å². The molecule has 0 bridgehead atoms. The number of sulfonamides is 1. The highest BCUT2D eigenvalue weighted by molar-refractivity contribution is 7.90. The molecule has 1 aliphatic rings. The second-order valence-corrected chi connectivity index (χ2v) is 7.87. The van der Waals surface area contributed by atoms with Gasteiger partial charge in [0.05, 0.1) is 5.56 Å². The van der Waals surface area contributed by atoms with Crippen LogP contribution in [-0.2, 0) is 14.8 Å². The largest absolute Gasteiger partial charge is 0.324 e. The van der Waals surface area contributed by atoms with Gasteiger partial charge in [0.15, 0.2) is 0 Å². The number of anilines is 1. The Labute approximate surface area is 146 Å². The van der Waals surface area contributed by atoms with Crippen LogP contribution in [0.25, 0.3) is 0 Å². The van der Waals surface area contributed by atoms with Gasteiger partial charge in [-0.25, -0.2) is 12.7 Å². The van der Waals surface area contributed by atoms with Crippen molar-refractivity contribution in [1.82, 2.24) is 4.31 Å². The number of hydrogen-bond donors (Lipinski definition) is 1. The maximum Gasteiger partial charge on any atom is 0.269 e. The van der Waals surface area contributed by atoms with Gasteiger partial charge in [0.1, 0.15) is 10.9 Å². The molecular weight excluding hydrogens is 340 g/mol. The van der Waals surface area contributed by atoms with Crippen LogP contribution in [0.2, 0.25) is 0 Å². The Morgan fingerprint density at radius 2 is 1.80 bits per heavy atom. The monoisotopic (exact) mass is 358 g/mol. The van der Waals surface area contributed by atoms with E-state index in [-0.39, 0.29) is 10.5 Å². The molecule has 0 radical (unpaired) electrons. The zero-order valence-corrected chi connectivity index (χ0v) is 14.9. The van der Waals surface area contributed by atoms with E-state index >= 15 is 0 Å². The van der Waals surface area contributed by atoms with E-state index in [9.17, 15) is 18.0 Å². The number of hydrogen-bond acceptors (Lipinski definition) is 4. The lowest BCUT2D eigenvalue weighted by Crippen LogP contribution is -2.45. The fourth-order valence-electron chi connectivity index (χ4n) is 2.88. The highest BCUT2D eigenvalue weighted by atomic mass is 32.2. The summed E-state index contributed by atoms with van der Waals surface area (Å²) < 4.78 is 25.9. The van der Waals surface area contributed by atoms with E-state index in [2.05, 4.69) is 5.32 Å². The lowest BCUT2D eigenvalue weighted by atomic mass is 10.1. The molecule has 2 amide bonds. The van der Waals surface area contributed by atoms with Gasteiger partial charge in [0.25, 0.3) is 15.9 Å². The van der Waals surface area contributed by atoms with E-state index in [1.807, 2.05) is 26.0 Å². The molecule has 0 aliphatic carbocycles. The number of rotatable bonds is 3. The van der Waals surface area contributed by atoms with Crippen molar-refractivity contribution >= 4 is 27.5 Å². The van der Waals surface area contributed by atoms with Crippen molar-refractivity contribution in [1.29, 1.82) is 0 Å². The Morgan fingerprint density at radius 3 is 2.44 bits per heavy atom. The van der Waals surface area contributed by atoms with Gasteiger partial charge < -0.3 is 5.32 Å². The first-order valence-corrected chi connectivity index (χ1v) is 9.23. The first-order valence-electron chi connectivity index (χ1n) is 7.79. The van der Waals surface area contributed by atoms with Crippen LogP contribution in [-0.4, -0.2) is 30.6 Å². The summed E-state index contributed by atoms with van der Waals surface area (Å²) in [5.41, 5.74) is 2.59. The lowest BCUT2D eigenvalue weighted by Gasteiger charge is -2.22. The average molecular weight is 358 g/mol. The molecule has 1 aliphatic heterocycles. The summed E-state index contributed by atoms with van der Waals surface area (Å²) >= 11 is 0. The van der Waals surface area contributed by atoms with E-state index in [1.165, 1.54) is 19.1 Å². The molecule has 0 spiro atoms. The second-order valence-electron chi connectivity index (χ2n) is 6.09. The van der Waals surface area contributed by atoms with Crippen molar-refractivity contribution < 1.29 is 18.0 Å². The van der Waals surface area contributed by atoms with Crippen molar-refractivity contribution in [2.75, 3.05) is 5.32 Å². The predicted molar refractivity (Wildman–Crippen MR) is 93.8 cm³/mol. The number of nitrogens with zero attached hydrogens (tertiary/aromatic N) is 1. The maximum absolute atomic E-state index is 12.6. The first kappa shape index (κ1) is 17.2. The van der Waals surface area contributed by atoms with Crippen LogP contribution < -0.4 is 5.32 Å². The van der Waals surface area contributed by atoms with Gasteiger partial charge in [-0.15, -0.1) is 0 Å². The Kier molecular flexibility index (Phi) is 4.12. The average Bonchev–Trinajstić information content (AvgIpc) is 2.76. The quantitative estimate of drug-likeness (QED) is 0.914. The Hall–Kier alpha value is -2.67. The Balaban J connectivity index is 1.89. The molecule has 0 fully saturated rings. The summed E-state index contributed by atoms with van der Waals surface area (Å²) in [5, 5.41) is 2.70. The molecule has 0 saturated carbocycles. The Morgan fingerprint density at radius 1 is 1.12 bits per heavy atom. The molecule has 2 aromatic carbocycles. The van der Waals surface area contributed by atoms with Crippen molar-refractivity contribution in [3.63, 3.8) is 0 Å². The molecule has 1 atom stereocenters. The van der Waals surface area contributed by atoms with E-state index in [1.54, 1.807) is 18.2 Å². The zero-order valence-electron chi connectivity index (χ0n) is 14.1. The fraction of sp³-hybridized carbons (Fsp3) is 0.222. The highest BCUT2D eigenvalue weighted by Crippen LogP contribution is 2.32. The number of fused-ring (bicyclic) bond motifs is 1. The van der Waals surface area contributed by atoms with Gasteiger partial charge >= 0.3 is 0 Å². The third kappa shape index (κ3) is 2.80. The van der Waals surface area contributed by atoms with Crippen LogP contribution in [0.15, 0.2) is 47.4 Å². The number of amides is 2. The van der Waals surface area contributed by atoms with Gasteiger partial charge in [-0.3, -0.25) is 9.59 Å². The van der Waals surface area contributed by atoms with Crippen LogP contribution in [0.1, 0.15) is 28.4 Å². The maximum atomic E-state index is 12.6. The predicted octanol–water partition coefficient (Wildman–Crippen LogP) is 2.48. The third-order valence-corrected chi connectivity index (χ3v) is 6.14. The molecule has 6 nitrogen and oxygen atoms in total. The first-order chi connectivity index (χ1) is 11.7. The molecule has 3 rings (SSSR count). The van der Waals surface area contributed by atoms with Crippen LogP contribution in [0.4, 0.5) is 5.69 Å². The molecular formula is C18H18N2O4S. The van der Waals surface area contributed by atoms with E-state index < -0.39 is 27.9 Å². The molecule has 1 N–H and O–H groups in total. The minimum atomic E-state index is -4.03. The topological polar surface area (TPSA) is 83.6 Å². The molecule has 7 heteroatoms. The van der Waals surface area contributed by atoms with Crippen LogP contribution in [0.5, 0.6) is 0 Å². The second kappa shape index (κ2) is 6.00. The number of carbonyl (C=O) groups excluding carboxylic acids is 2. The highest BCUT2D eigenvalue weighted by Gasteiger charge is 2.45. The minimum Gasteiger partial charge on any atom is -0.324 e. The van der Waals surface area contributed by atoms with E-state index in [0.29, 0.717) is 9.99 Å². The fourth-order valence-corrected chi connectivity index (χ4v) is 4.61. The zero-order chi connectivity index (χ0) is 18.4. The molecule has 130 valence electrons. The summed E-state index contributed by atoms with van der Waals surface area (Å²) in [4.78, 5) is 25.0. The summed E-state index contributed by atoms with van der Waals surface area (Å²) in [5.74, 6) is -1.24. The molecule has 0 unspecified atom stereocenters. The lowest BCUT2D eigenvalue weighted by molar-refractivity contribution is -0.118. The molecule has 25 heavy (non-hydrogen) atoms. The third-order valence-electron chi connectivity index (χ3n) is 4.23. The van der Waals surface area contributed by atoms with Gasteiger partial charge in [0, 0.05) is 5.69 Å². The van der Waals surface area contributed by atoms with Crippen molar-refractivity contribution in [2.24, 2.45) is 0 Å². The van der Waals surface area contributed by atoms with Gasteiger partial charge in [-0.1, -0.05) is 29.8 Å². The minimum absolute atomic E-state index is 0.0637. The summed E-state index contributed by atoms with van der Waals surface area (Å²) in [6, 6.07) is 10.3. The number of nitrogens with one attached hydrogen (secondary N) is 1. The summed E-state index contributed by atoms with van der Waals surface area (Å²) in [6.45, 7) is 5.19. The molecule has 0 aromatic heterocycles. The van der Waals surface area contributed by atoms with Gasteiger partial charge in [-0.05, 0) is 44.5 Å². The van der Waals surface area contributed by atoms with Crippen molar-refractivity contribution in [3.05, 3.63) is 59.2 Å². The number of aryl methyl sites for hydroxylation is 2. The molecule has 0 saturated heterocycles. The summed E-state index contributed by atoms with van der Waals surface area (Å²) in [6.07, 6.45) is 0. The van der Waals surface area contributed by atoms with E-state index in [4.69, 9.17) is 0 Å². The molecule has 1 heterocycles. The van der Waals surface area contributed by atoms with Gasteiger partial charge in [0.2, 0.25) is 5.91 Å². The standard InChI is InChI=1S/C18H18N2O4S/c1-11-8-9-15(12(2)10-11)19-17(21)13(3)20-18(22)14-6-4-5-7-16(14)25(20,23)24/h4-10,13H,1-3H3,(H,19,21)/t13-/m1/s1.